The molecule has 1 N–H and O–H groups in total. The third-order valence-electron chi connectivity index (χ3n) is 5.21. The fourth-order valence-electron chi connectivity index (χ4n) is 3.97. The SMILES string of the molecule is O=c1c2ccccc2c(=O)n2n1/C(=N/O)C(c1ccccc1)c1ccc(Cl)cc1-2. The summed E-state index contributed by atoms with van der Waals surface area (Å²) < 4.78 is 2.38. The van der Waals surface area contributed by atoms with Gasteiger partial charge in [-0.15, -0.1) is 0 Å². The molecule has 2 heterocycles. The van der Waals surface area contributed by atoms with E-state index in [0.717, 1.165) is 10.2 Å². The number of benzene rings is 3. The molecule has 7 heteroatoms. The first-order chi connectivity index (χ1) is 14.1. The lowest BCUT2D eigenvalue weighted by atomic mass is 9.87. The summed E-state index contributed by atoms with van der Waals surface area (Å²) in [5.41, 5.74) is 1.18. The maximum atomic E-state index is 13.3. The molecule has 0 amide bonds. The molecule has 1 aliphatic heterocycles. The van der Waals surface area contributed by atoms with Crippen molar-refractivity contribution in [2.75, 3.05) is 0 Å². The van der Waals surface area contributed by atoms with Crippen LogP contribution in [-0.2, 0) is 0 Å². The summed E-state index contributed by atoms with van der Waals surface area (Å²) in [7, 11) is 0. The van der Waals surface area contributed by atoms with Gasteiger partial charge in [-0.05, 0) is 35.4 Å². The molecule has 1 unspecified atom stereocenters. The van der Waals surface area contributed by atoms with Gasteiger partial charge in [0.15, 0.2) is 5.84 Å². The molecule has 5 rings (SSSR count). The summed E-state index contributed by atoms with van der Waals surface area (Å²) >= 11 is 6.24. The average molecular weight is 404 g/mol. The van der Waals surface area contributed by atoms with Crippen LogP contribution in [0.2, 0.25) is 5.02 Å². The minimum absolute atomic E-state index is 0.0545. The minimum atomic E-state index is -0.549. The van der Waals surface area contributed by atoms with E-state index in [1.807, 2.05) is 30.3 Å². The highest BCUT2D eigenvalue weighted by molar-refractivity contribution is 6.30. The number of oxime groups is 1. The molecule has 6 nitrogen and oxygen atoms in total. The molecule has 142 valence electrons. The standard InChI is InChI=1S/C22H14ClN3O3/c23-14-10-11-17-18(12-14)25-21(27)15-8-4-5-9-16(15)22(28)26(25)20(24-29)19(17)13-6-2-1-3-7-13/h1-12,19,29H/b24-20+. The van der Waals surface area contributed by atoms with Crippen LogP contribution in [0.1, 0.15) is 17.0 Å². The third kappa shape index (κ3) is 2.46. The highest BCUT2D eigenvalue weighted by Gasteiger charge is 2.34. The van der Waals surface area contributed by atoms with Gasteiger partial charge in [-0.25, -0.2) is 4.68 Å². The van der Waals surface area contributed by atoms with Crippen LogP contribution in [0.15, 0.2) is 87.5 Å². The summed E-state index contributed by atoms with van der Waals surface area (Å²) in [4.78, 5) is 26.7. The van der Waals surface area contributed by atoms with Crippen LogP contribution in [0.4, 0.5) is 0 Å². The Labute approximate surface area is 169 Å². The third-order valence-corrected chi connectivity index (χ3v) is 5.45. The van der Waals surface area contributed by atoms with E-state index in [-0.39, 0.29) is 16.6 Å². The smallest absolute Gasteiger partial charge is 0.279 e. The Morgan fingerprint density at radius 3 is 2.10 bits per heavy atom. The second kappa shape index (κ2) is 6.46. The van der Waals surface area contributed by atoms with E-state index >= 15 is 0 Å². The number of fused-ring (bicyclic) bond motifs is 4. The summed E-state index contributed by atoms with van der Waals surface area (Å²) in [6.45, 7) is 0. The molecule has 0 fully saturated rings. The van der Waals surface area contributed by atoms with Crippen LogP contribution >= 0.6 is 11.6 Å². The zero-order chi connectivity index (χ0) is 20.1. The lowest BCUT2D eigenvalue weighted by Gasteiger charge is -2.31. The topological polar surface area (TPSA) is 76.6 Å². The quantitative estimate of drug-likeness (QED) is 0.390. The van der Waals surface area contributed by atoms with Crippen LogP contribution in [-0.4, -0.2) is 20.4 Å². The Balaban J connectivity index is 1.99. The van der Waals surface area contributed by atoms with Gasteiger partial charge in [0, 0.05) is 5.02 Å². The van der Waals surface area contributed by atoms with Gasteiger partial charge in [0.2, 0.25) is 0 Å². The van der Waals surface area contributed by atoms with Gasteiger partial charge in [0.05, 0.1) is 22.4 Å². The van der Waals surface area contributed by atoms with Crippen LogP contribution in [0.3, 0.4) is 0 Å². The lowest BCUT2D eigenvalue weighted by molar-refractivity contribution is 0.312. The number of halogens is 1. The molecule has 0 bridgehead atoms. The number of nitrogens with zero attached hydrogens (tertiary/aromatic N) is 3. The number of aromatic nitrogens is 2. The van der Waals surface area contributed by atoms with Gasteiger partial charge in [-0.3, -0.25) is 9.59 Å². The van der Waals surface area contributed by atoms with Crippen molar-refractivity contribution in [3.63, 3.8) is 0 Å². The predicted octanol–water partition coefficient (Wildman–Crippen LogP) is 3.59. The number of rotatable bonds is 1. The Morgan fingerprint density at radius 2 is 1.45 bits per heavy atom. The van der Waals surface area contributed by atoms with E-state index in [4.69, 9.17) is 11.6 Å². The average Bonchev–Trinajstić information content (AvgIpc) is 2.76. The van der Waals surface area contributed by atoms with Crippen molar-refractivity contribution in [1.29, 1.82) is 0 Å². The Morgan fingerprint density at radius 1 is 0.828 bits per heavy atom. The summed E-state index contributed by atoms with van der Waals surface area (Å²) in [5.74, 6) is -0.495. The molecule has 0 radical (unpaired) electrons. The van der Waals surface area contributed by atoms with Crippen molar-refractivity contribution in [2.24, 2.45) is 5.16 Å². The van der Waals surface area contributed by atoms with Gasteiger partial charge in [0.25, 0.3) is 11.1 Å². The fraction of sp³-hybridized carbons (Fsp3) is 0.0455. The number of hydrogen-bond donors (Lipinski definition) is 1. The second-order valence-corrected chi connectivity index (χ2v) is 7.22. The largest absolute Gasteiger partial charge is 0.409 e. The van der Waals surface area contributed by atoms with Crippen molar-refractivity contribution in [3.05, 3.63) is 110 Å². The first-order valence-electron chi connectivity index (χ1n) is 8.96. The van der Waals surface area contributed by atoms with E-state index in [2.05, 4.69) is 5.16 Å². The lowest BCUT2D eigenvalue weighted by Crippen LogP contribution is -2.47. The highest BCUT2D eigenvalue weighted by atomic mass is 35.5. The van der Waals surface area contributed by atoms with E-state index in [1.165, 1.54) is 4.68 Å². The van der Waals surface area contributed by atoms with Crippen LogP contribution in [0.5, 0.6) is 0 Å². The maximum absolute atomic E-state index is 13.3. The van der Waals surface area contributed by atoms with Crippen LogP contribution in [0, 0.1) is 0 Å². The van der Waals surface area contributed by atoms with Crippen molar-refractivity contribution in [2.45, 2.75) is 5.92 Å². The Bertz CT molecular complexity index is 1420. The van der Waals surface area contributed by atoms with Crippen LogP contribution < -0.4 is 11.1 Å². The summed E-state index contributed by atoms with van der Waals surface area (Å²) in [5, 5.41) is 14.4. The minimum Gasteiger partial charge on any atom is -0.409 e. The molecule has 0 aliphatic carbocycles. The first kappa shape index (κ1) is 17.5. The molecule has 0 saturated heterocycles. The summed E-state index contributed by atoms with van der Waals surface area (Å²) in [6, 6.07) is 21.1. The molecule has 29 heavy (non-hydrogen) atoms. The highest BCUT2D eigenvalue weighted by Crippen LogP contribution is 2.35. The second-order valence-electron chi connectivity index (χ2n) is 6.78. The molecule has 0 saturated carbocycles. The Hall–Kier alpha value is -3.64. The molecular weight excluding hydrogens is 390 g/mol. The fourth-order valence-corrected chi connectivity index (χ4v) is 4.14. The van der Waals surface area contributed by atoms with E-state index in [0.29, 0.717) is 16.3 Å². The van der Waals surface area contributed by atoms with E-state index in [1.54, 1.807) is 42.5 Å². The van der Waals surface area contributed by atoms with Crippen molar-refractivity contribution in [3.8, 4) is 5.69 Å². The molecule has 4 aromatic rings. The normalized spacial score (nSPS) is 16.6. The number of hydrogen-bond acceptors (Lipinski definition) is 4. The van der Waals surface area contributed by atoms with Crippen LogP contribution in [0.25, 0.3) is 16.5 Å². The molecule has 1 aromatic heterocycles. The molecule has 0 spiro atoms. The van der Waals surface area contributed by atoms with Gasteiger partial charge in [0.1, 0.15) is 0 Å². The van der Waals surface area contributed by atoms with Crippen molar-refractivity contribution < 1.29 is 5.21 Å². The van der Waals surface area contributed by atoms with Crippen molar-refractivity contribution >= 4 is 28.2 Å². The molecule has 1 atom stereocenters. The summed E-state index contributed by atoms with van der Waals surface area (Å²) in [6.07, 6.45) is 0. The molecular formula is C22H14ClN3O3. The monoisotopic (exact) mass is 403 g/mol. The zero-order valence-electron chi connectivity index (χ0n) is 15.0. The first-order valence-corrected chi connectivity index (χ1v) is 9.34. The predicted molar refractivity (Wildman–Crippen MR) is 112 cm³/mol. The van der Waals surface area contributed by atoms with Gasteiger partial charge in [-0.1, -0.05) is 65.3 Å². The Kier molecular flexibility index (Phi) is 3.89. The van der Waals surface area contributed by atoms with Gasteiger partial charge in [-0.2, -0.15) is 4.68 Å². The maximum Gasteiger partial charge on any atom is 0.279 e. The van der Waals surface area contributed by atoms with E-state index < -0.39 is 17.0 Å². The van der Waals surface area contributed by atoms with Crippen molar-refractivity contribution in [1.82, 2.24) is 9.36 Å². The molecule has 1 aliphatic rings. The van der Waals surface area contributed by atoms with Gasteiger partial charge >= 0.3 is 0 Å². The zero-order valence-corrected chi connectivity index (χ0v) is 15.7. The molecule has 3 aromatic carbocycles. The van der Waals surface area contributed by atoms with Gasteiger partial charge < -0.3 is 5.21 Å². The van der Waals surface area contributed by atoms with E-state index in [9.17, 15) is 14.8 Å².